The number of rotatable bonds is 12. The van der Waals surface area contributed by atoms with Gasteiger partial charge in [0.05, 0.1) is 13.2 Å². The Balaban J connectivity index is 1.74. The molecule has 1 aromatic carbocycles. The average Bonchev–Trinajstić information content (AvgIpc) is 3.08. The van der Waals surface area contributed by atoms with E-state index in [-0.39, 0.29) is 0 Å². The molecule has 0 aliphatic carbocycles. The van der Waals surface area contributed by atoms with Gasteiger partial charge in [-0.25, -0.2) is 0 Å². The fraction of sp³-hybridized carbons (Fsp3) is 0.500. The first-order valence-electron chi connectivity index (χ1n) is 8.56. The van der Waals surface area contributed by atoms with Gasteiger partial charge in [0.25, 0.3) is 5.22 Å². The molecule has 0 radical (unpaired) electrons. The van der Waals surface area contributed by atoms with Gasteiger partial charge in [-0.1, -0.05) is 25.1 Å². The number of hydrogen-bond donors (Lipinski definition) is 0. The Morgan fingerprint density at radius 2 is 2.04 bits per heavy atom. The number of carbonyl (C=O) groups excluding carboxylic acids is 1. The molecule has 7 heteroatoms. The summed E-state index contributed by atoms with van der Waals surface area (Å²) in [6.07, 6.45) is 4.63. The summed E-state index contributed by atoms with van der Waals surface area (Å²) < 4.78 is 16.9. The molecule has 0 unspecified atom stereocenters. The van der Waals surface area contributed by atoms with E-state index < -0.39 is 0 Å². The normalized spacial score (nSPS) is 10.6. The van der Waals surface area contributed by atoms with Crippen LogP contribution < -0.4 is 9.47 Å². The molecule has 0 bridgehead atoms. The van der Waals surface area contributed by atoms with Crippen molar-refractivity contribution in [1.29, 1.82) is 0 Å². The van der Waals surface area contributed by atoms with Crippen LogP contribution in [0.1, 0.15) is 49.4 Å². The highest BCUT2D eigenvalue weighted by Crippen LogP contribution is 2.28. The second kappa shape index (κ2) is 10.8. The number of ether oxygens (including phenoxy) is 2. The fourth-order valence-electron chi connectivity index (χ4n) is 2.11. The number of benzene rings is 1. The van der Waals surface area contributed by atoms with Crippen molar-refractivity contribution in [2.45, 2.75) is 44.8 Å². The molecule has 0 aliphatic rings. The number of nitrogens with zero attached hydrogens (tertiary/aromatic N) is 2. The molecular formula is C18H24N2O4S. The second-order valence-electron chi connectivity index (χ2n) is 5.37. The van der Waals surface area contributed by atoms with Crippen molar-refractivity contribution in [3.05, 3.63) is 29.7 Å². The molecule has 1 heterocycles. The van der Waals surface area contributed by atoms with Crippen molar-refractivity contribution in [2.75, 3.05) is 19.0 Å². The van der Waals surface area contributed by atoms with Gasteiger partial charge in [-0.05, 0) is 38.0 Å². The van der Waals surface area contributed by atoms with Gasteiger partial charge < -0.3 is 13.9 Å². The Morgan fingerprint density at radius 1 is 1.16 bits per heavy atom. The maximum Gasteiger partial charge on any atom is 0.276 e. The van der Waals surface area contributed by atoms with Crippen molar-refractivity contribution < 1.29 is 18.7 Å². The first kappa shape index (κ1) is 19.3. The number of aldehydes is 1. The summed E-state index contributed by atoms with van der Waals surface area (Å²) in [5.41, 5.74) is 0.571. The lowest BCUT2D eigenvalue weighted by Crippen LogP contribution is -2.02. The highest BCUT2D eigenvalue weighted by atomic mass is 32.2. The number of unbranched alkanes of at least 4 members (excludes halogenated alkanes) is 1. The van der Waals surface area contributed by atoms with Crippen LogP contribution in [0.2, 0.25) is 0 Å². The number of aryl methyl sites for hydroxylation is 1. The Labute approximate surface area is 152 Å². The maximum absolute atomic E-state index is 10.8. The molecule has 0 amide bonds. The van der Waals surface area contributed by atoms with Crippen molar-refractivity contribution in [2.24, 2.45) is 0 Å². The van der Waals surface area contributed by atoms with Gasteiger partial charge in [0, 0.05) is 17.7 Å². The fourth-order valence-corrected chi connectivity index (χ4v) is 2.80. The third kappa shape index (κ3) is 6.42. The molecular weight excluding hydrogens is 340 g/mol. The largest absolute Gasteiger partial charge is 0.490 e. The smallest absolute Gasteiger partial charge is 0.276 e. The Morgan fingerprint density at radius 3 is 2.80 bits per heavy atom. The summed E-state index contributed by atoms with van der Waals surface area (Å²) in [5, 5.41) is 8.68. The Kier molecular flexibility index (Phi) is 8.31. The van der Waals surface area contributed by atoms with E-state index in [2.05, 4.69) is 17.1 Å². The molecule has 0 spiro atoms. The zero-order chi connectivity index (χ0) is 17.9. The van der Waals surface area contributed by atoms with Crippen LogP contribution in [0.3, 0.4) is 0 Å². The monoisotopic (exact) mass is 364 g/mol. The van der Waals surface area contributed by atoms with E-state index in [1.807, 2.05) is 6.92 Å². The molecule has 1 aromatic heterocycles. The Hall–Kier alpha value is -2.02. The minimum Gasteiger partial charge on any atom is -0.490 e. The summed E-state index contributed by atoms with van der Waals surface area (Å²) >= 11 is 1.53. The topological polar surface area (TPSA) is 74.5 Å². The third-order valence-corrected chi connectivity index (χ3v) is 4.27. The van der Waals surface area contributed by atoms with Gasteiger partial charge in [0.15, 0.2) is 11.5 Å². The molecule has 0 saturated carbocycles. The van der Waals surface area contributed by atoms with Crippen molar-refractivity contribution in [1.82, 2.24) is 10.2 Å². The predicted molar refractivity (Wildman–Crippen MR) is 96.7 cm³/mol. The van der Waals surface area contributed by atoms with Crippen LogP contribution in [-0.2, 0) is 6.42 Å². The summed E-state index contributed by atoms with van der Waals surface area (Å²) in [7, 11) is 0. The molecule has 0 saturated heterocycles. The molecule has 25 heavy (non-hydrogen) atoms. The average molecular weight is 364 g/mol. The van der Waals surface area contributed by atoms with E-state index >= 15 is 0 Å². The highest BCUT2D eigenvalue weighted by molar-refractivity contribution is 7.99. The lowest BCUT2D eigenvalue weighted by atomic mass is 10.2. The zero-order valence-corrected chi connectivity index (χ0v) is 15.5. The quantitative estimate of drug-likeness (QED) is 0.318. The Bertz CT molecular complexity index is 660. The number of carbonyl (C=O) groups is 1. The first-order valence-corrected chi connectivity index (χ1v) is 9.55. The standard InChI is InChI=1S/C18H24N2O4S/c1-3-5-7-17-19-20-18(24-17)25-11-6-10-23-15-9-8-14(13-21)12-16(15)22-4-2/h8-9,12-13H,3-7,10-11H2,1-2H3. The molecule has 6 nitrogen and oxygen atoms in total. The van der Waals surface area contributed by atoms with Gasteiger partial charge >= 0.3 is 0 Å². The van der Waals surface area contributed by atoms with E-state index in [9.17, 15) is 4.79 Å². The predicted octanol–water partition coefficient (Wildman–Crippen LogP) is 4.18. The molecule has 0 fully saturated rings. The number of hydrogen-bond acceptors (Lipinski definition) is 7. The van der Waals surface area contributed by atoms with Crippen molar-refractivity contribution >= 4 is 18.0 Å². The van der Waals surface area contributed by atoms with Crippen molar-refractivity contribution in [3.63, 3.8) is 0 Å². The minimum atomic E-state index is 0.520. The van der Waals surface area contributed by atoms with Crippen LogP contribution in [-0.4, -0.2) is 35.5 Å². The summed E-state index contributed by atoms with van der Waals surface area (Å²) in [5.74, 6) is 2.78. The summed E-state index contributed by atoms with van der Waals surface area (Å²) in [4.78, 5) is 10.8. The van der Waals surface area contributed by atoms with E-state index in [4.69, 9.17) is 13.9 Å². The third-order valence-electron chi connectivity index (χ3n) is 3.37. The number of thioether (sulfide) groups is 1. The van der Waals surface area contributed by atoms with E-state index in [1.54, 1.807) is 18.2 Å². The highest BCUT2D eigenvalue weighted by Gasteiger charge is 2.08. The van der Waals surface area contributed by atoms with Crippen LogP contribution in [0, 0.1) is 0 Å². The lowest BCUT2D eigenvalue weighted by Gasteiger charge is -2.12. The van der Waals surface area contributed by atoms with Gasteiger partial charge in [0.2, 0.25) is 5.89 Å². The molecule has 0 N–H and O–H groups in total. The SMILES string of the molecule is CCCCc1nnc(SCCCOc2ccc(C=O)cc2OCC)o1. The second-order valence-corrected chi connectivity index (χ2v) is 6.42. The van der Waals surface area contributed by atoms with Crippen LogP contribution in [0.5, 0.6) is 11.5 Å². The first-order chi connectivity index (χ1) is 12.3. The summed E-state index contributed by atoms with van der Waals surface area (Å²) in [6.45, 7) is 5.10. The van der Waals surface area contributed by atoms with Gasteiger partial charge in [-0.2, -0.15) is 0 Å². The minimum absolute atomic E-state index is 0.520. The molecule has 136 valence electrons. The lowest BCUT2D eigenvalue weighted by molar-refractivity contribution is 0.112. The van der Waals surface area contributed by atoms with Gasteiger partial charge in [-0.15, -0.1) is 10.2 Å². The molecule has 0 aliphatic heterocycles. The summed E-state index contributed by atoms with van der Waals surface area (Å²) in [6, 6.07) is 5.17. The van der Waals surface area contributed by atoms with Crippen molar-refractivity contribution in [3.8, 4) is 11.5 Å². The maximum atomic E-state index is 10.8. The van der Waals surface area contributed by atoms with E-state index in [1.165, 1.54) is 11.8 Å². The van der Waals surface area contributed by atoms with Crippen LogP contribution >= 0.6 is 11.8 Å². The van der Waals surface area contributed by atoms with E-state index in [0.29, 0.717) is 41.4 Å². The molecule has 2 rings (SSSR count). The zero-order valence-electron chi connectivity index (χ0n) is 14.7. The van der Waals surface area contributed by atoms with Gasteiger partial charge in [0.1, 0.15) is 6.29 Å². The molecule has 2 aromatic rings. The molecule has 0 atom stereocenters. The van der Waals surface area contributed by atoms with E-state index in [0.717, 1.165) is 37.7 Å². The number of aromatic nitrogens is 2. The van der Waals surface area contributed by atoms with Crippen LogP contribution in [0.15, 0.2) is 27.8 Å². The van der Waals surface area contributed by atoms with Crippen LogP contribution in [0.4, 0.5) is 0 Å². The van der Waals surface area contributed by atoms with Gasteiger partial charge in [-0.3, -0.25) is 4.79 Å². The van der Waals surface area contributed by atoms with Crippen LogP contribution in [0.25, 0.3) is 0 Å².